The lowest BCUT2D eigenvalue weighted by molar-refractivity contribution is -0.120. The number of ether oxygens (including phenoxy) is 1. The van der Waals surface area contributed by atoms with Gasteiger partial charge in [0.1, 0.15) is 5.00 Å². The lowest BCUT2D eigenvalue weighted by Gasteiger charge is -2.30. The van der Waals surface area contributed by atoms with Crippen molar-refractivity contribution in [1.29, 1.82) is 0 Å². The van der Waals surface area contributed by atoms with Crippen LogP contribution in [0.25, 0.3) is 0 Å². The summed E-state index contributed by atoms with van der Waals surface area (Å²) in [7, 11) is -2.25. The second-order valence-corrected chi connectivity index (χ2v) is 12.5. The number of nitrogens with zero attached hydrogens (tertiary/aromatic N) is 1. The highest BCUT2D eigenvalue weighted by Gasteiger charge is 2.33. The van der Waals surface area contributed by atoms with Crippen molar-refractivity contribution in [3.8, 4) is 0 Å². The summed E-state index contributed by atoms with van der Waals surface area (Å²) in [6.07, 6.45) is 4.58. The molecular formula is C23H26Cl2N2O5S2. The summed E-state index contributed by atoms with van der Waals surface area (Å²) >= 11 is 13.5. The second-order valence-electron chi connectivity index (χ2n) is 8.56. The predicted octanol–water partition coefficient (Wildman–Crippen LogP) is 4.90. The number of hydrogen-bond acceptors (Lipinski definition) is 6. The number of thiophene rings is 1. The number of aryl methyl sites for hydroxylation is 1. The lowest BCUT2D eigenvalue weighted by Crippen LogP contribution is -2.42. The zero-order valence-corrected chi connectivity index (χ0v) is 21.9. The smallest absolute Gasteiger partial charge is 0.341 e. The number of hydrogen-bond donors (Lipinski definition) is 1. The first-order chi connectivity index (χ1) is 16.2. The van der Waals surface area contributed by atoms with Crippen LogP contribution in [0, 0.1) is 5.92 Å². The molecule has 34 heavy (non-hydrogen) atoms. The van der Waals surface area contributed by atoms with E-state index < -0.39 is 16.0 Å². The molecule has 2 aliphatic rings. The first kappa shape index (κ1) is 25.4. The number of carbonyl (C=O) groups excluding carboxylic acids is 2. The number of halogens is 2. The van der Waals surface area contributed by atoms with Gasteiger partial charge in [0.05, 0.1) is 18.4 Å². The molecule has 1 aliphatic carbocycles. The molecule has 1 saturated heterocycles. The quantitative estimate of drug-likeness (QED) is 0.522. The average molecular weight is 546 g/mol. The zero-order valence-electron chi connectivity index (χ0n) is 18.7. The number of fused-ring (bicyclic) bond motifs is 1. The summed E-state index contributed by atoms with van der Waals surface area (Å²) in [5, 5.41) is 4.23. The average Bonchev–Trinajstić information content (AvgIpc) is 3.18. The van der Waals surface area contributed by atoms with Gasteiger partial charge in [-0.1, -0.05) is 29.3 Å². The molecule has 184 valence electrons. The summed E-state index contributed by atoms with van der Waals surface area (Å²) in [5.41, 5.74) is 1.94. The van der Waals surface area contributed by atoms with Crippen molar-refractivity contribution < 1.29 is 22.7 Å². The number of anilines is 1. The van der Waals surface area contributed by atoms with Crippen LogP contribution in [0.4, 0.5) is 5.00 Å². The number of amides is 1. The molecule has 0 spiro atoms. The Kier molecular flexibility index (Phi) is 7.89. The standard InChI is InChI=1S/C23H26Cl2N2O5S2/c1-32-23(29)20-17-4-2-3-5-19(17)33-22(20)26-21(28)14-8-10-27(11-9-14)34(30,31)13-15-6-7-16(24)12-18(15)25/h6-7,12,14H,2-5,8-11,13H2,1H3,(H,26,28). The molecule has 0 radical (unpaired) electrons. The van der Waals surface area contributed by atoms with Crippen molar-refractivity contribution in [2.24, 2.45) is 5.92 Å². The lowest BCUT2D eigenvalue weighted by atomic mass is 9.95. The van der Waals surface area contributed by atoms with E-state index in [4.69, 9.17) is 27.9 Å². The number of piperidine rings is 1. The molecule has 1 amide bonds. The highest BCUT2D eigenvalue weighted by molar-refractivity contribution is 7.88. The van der Waals surface area contributed by atoms with E-state index >= 15 is 0 Å². The SMILES string of the molecule is COC(=O)c1c(NC(=O)C2CCN(S(=O)(=O)Cc3ccc(Cl)cc3Cl)CC2)sc2c1CCCC2. The van der Waals surface area contributed by atoms with Gasteiger partial charge in [0.25, 0.3) is 0 Å². The monoisotopic (exact) mass is 544 g/mol. The third kappa shape index (κ3) is 5.44. The largest absolute Gasteiger partial charge is 0.465 e. The van der Waals surface area contributed by atoms with Crippen LogP contribution in [0.15, 0.2) is 18.2 Å². The maximum absolute atomic E-state index is 13.0. The Balaban J connectivity index is 1.40. The fourth-order valence-electron chi connectivity index (χ4n) is 4.51. The molecule has 0 unspecified atom stereocenters. The number of benzene rings is 1. The van der Waals surface area contributed by atoms with E-state index in [-0.39, 0.29) is 30.7 Å². The maximum atomic E-state index is 13.0. The molecule has 1 N–H and O–H groups in total. The van der Waals surface area contributed by atoms with Crippen LogP contribution in [0.2, 0.25) is 10.0 Å². The third-order valence-electron chi connectivity index (χ3n) is 6.37. The minimum Gasteiger partial charge on any atom is -0.465 e. The Labute approximate surface area is 213 Å². The molecule has 1 aromatic carbocycles. The molecule has 0 bridgehead atoms. The Morgan fingerprint density at radius 2 is 1.88 bits per heavy atom. The van der Waals surface area contributed by atoms with E-state index in [0.717, 1.165) is 36.1 Å². The van der Waals surface area contributed by atoms with E-state index in [0.29, 0.717) is 39.0 Å². The van der Waals surface area contributed by atoms with Crippen molar-refractivity contribution in [3.05, 3.63) is 49.8 Å². The van der Waals surface area contributed by atoms with E-state index in [1.54, 1.807) is 12.1 Å². The number of nitrogens with one attached hydrogen (secondary N) is 1. The predicted molar refractivity (Wildman–Crippen MR) is 134 cm³/mol. The van der Waals surface area contributed by atoms with Crippen molar-refractivity contribution in [2.45, 2.75) is 44.3 Å². The van der Waals surface area contributed by atoms with Gasteiger partial charge in [0.2, 0.25) is 15.9 Å². The van der Waals surface area contributed by atoms with Crippen molar-refractivity contribution >= 4 is 61.4 Å². The van der Waals surface area contributed by atoms with Crippen LogP contribution in [0.3, 0.4) is 0 Å². The van der Waals surface area contributed by atoms with Gasteiger partial charge in [-0.2, -0.15) is 0 Å². The molecule has 0 saturated carbocycles. The molecule has 1 aliphatic heterocycles. The Morgan fingerprint density at radius 1 is 1.18 bits per heavy atom. The van der Waals surface area contributed by atoms with Crippen LogP contribution in [0.5, 0.6) is 0 Å². The molecule has 2 aromatic rings. The van der Waals surface area contributed by atoms with Crippen molar-refractivity contribution in [3.63, 3.8) is 0 Å². The fourth-order valence-corrected chi connectivity index (χ4v) is 7.94. The van der Waals surface area contributed by atoms with E-state index in [1.165, 1.54) is 28.8 Å². The fraction of sp³-hybridized carbons (Fsp3) is 0.478. The number of methoxy groups -OCH3 is 1. The van der Waals surface area contributed by atoms with Gasteiger partial charge in [0.15, 0.2) is 0 Å². The van der Waals surface area contributed by atoms with Gasteiger partial charge >= 0.3 is 5.97 Å². The zero-order chi connectivity index (χ0) is 24.5. The van der Waals surface area contributed by atoms with Crippen LogP contribution < -0.4 is 5.32 Å². The minimum atomic E-state index is -3.59. The molecule has 7 nitrogen and oxygen atoms in total. The Hall–Kier alpha value is -1.65. The topological polar surface area (TPSA) is 92.8 Å². The third-order valence-corrected chi connectivity index (χ3v) is 9.99. The first-order valence-electron chi connectivity index (χ1n) is 11.1. The molecule has 2 heterocycles. The molecule has 1 aromatic heterocycles. The Morgan fingerprint density at radius 3 is 2.56 bits per heavy atom. The van der Waals surface area contributed by atoms with Crippen LogP contribution in [0.1, 0.15) is 52.0 Å². The molecule has 1 fully saturated rings. The maximum Gasteiger partial charge on any atom is 0.341 e. The van der Waals surface area contributed by atoms with Gasteiger partial charge in [-0.3, -0.25) is 4.79 Å². The summed E-state index contributed by atoms with van der Waals surface area (Å²) in [6, 6.07) is 4.75. The Bertz CT molecular complexity index is 1200. The summed E-state index contributed by atoms with van der Waals surface area (Å²) < 4.78 is 32.2. The van der Waals surface area contributed by atoms with E-state index in [1.807, 2.05) is 0 Å². The van der Waals surface area contributed by atoms with Crippen LogP contribution in [-0.2, 0) is 38.1 Å². The summed E-state index contributed by atoms with van der Waals surface area (Å²) in [6.45, 7) is 0.493. The number of rotatable bonds is 6. The molecule has 4 rings (SSSR count). The number of sulfonamides is 1. The number of esters is 1. The number of carbonyl (C=O) groups is 2. The molecular weight excluding hydrogens is 519 g/mol. The van der Waals surface area contributed by atoms with E-state index in [2.05, 4.69) is 5.32 Å². The first-order valence-corrected chi connectivity index (χ1v) is 14.3. The molecule has 0 atom stereocenters. The second kappa shape index (κ2) is 10.5. The van der Waals surface area contributed by atoms with Crippen molar-refractivity contribution in [1.82, 2.24) is 4.31 Å². The van der Waals surface area contributed by atoms with Crippen LogP contribution >= 0.6 is 34.5 Å². The van der Waals surface area contributed by atoms with Gasteiger partial charge in [-0.15, -0.1) is 11.3 Å². The summed E-state index contributed by atoms with van der Waals surface area (Å²) in [4.78, 5) is 26.6. The van der Waals surface area contributed by atoms with Gasteiger partial charge in [-0.25, -0.2) is 17.5 Å². The highest BCUT2D eigenvalue weighted by Crippen LogP contribution is 2.39. The van der Waals surface area contributed by atoms with Crippen molar-refractivity contribution in [2.75, 3.05) is 25.5 Å². The highest BCUT2D eigenvalue weighted by atomic mass is 35.5. The summed E-state index contributed by atoms with van der Waals surface area (Å²) in [5.74, 6) is -1.18. The normalized spacial score (nSPS) is 17.3. The van der Waals surface area contributed by atoms with E-state index in [9.17, 15) is 18.0 Å². The minimum absolute atomic E-state index is 0.193. The van der Waals surface area contributed by atoms with Crippen LogP contribution in [-0.4, -0.2) is 44.8 Å². The van der Waals surface area contributed by atoms with Gasteiger partial charge < -0.3 is 10.1 Å². The molecule has 11 heteroatoms. The van der Waals surface area contributed by atoms with Gasteiger partial charge in [0, 0.05) is 33.9 Å². The van der Waals surface area contributed by atoms with Gasteiger partial charge in [-0.05, 0) is 61.8 Å².